The fraction of sp³-hybridized carbons (Fsp3) is 0.700. The summed E-state index contributed by atoms with van der Waals surface area (Å²) in [5.74, 6) is -4.57. The summed E-state index contributed by atoms with van der Waals surface area (Å²) in [6.45, 7) is 6.24. The average Bonchev–Trinajstić information content (AvgIpc) is 2.14. The number of amides is 1. The van der Waals surface area contributed by atoms with Crippen molar-refractivity contribution in [3.63, 3.8) is 0 Å². The van der Waals surface area contributed by atoms with Gasteiger partial charge >= 0.3 is 6.18 Å². The quantitative estimate of drug-likeness (QED) is 0.678. The molecule has 0 fully saturated rings. The van der Waals surface area contributed by atoms with Crippen LogP contribution in [0.1, 0.15) is 20.3 Å². The van der Waals surface area contributed by atoms with Crippen LogP contribution in [0, 0.1) is 5.92 Å². The van der Waals surface area contributed by atoms with Crippen LogP contribution < -0.4 is 0 Å². The van der Waals surface area contributed by atoms with Crippen LogP contribution in [0.5, 0.6) is 0 Å². The Balaban J connectivity index is 4.89. The summed E-state index contributed by atoms with van der Waals surface area (Å²) in [4.78, 5) is 12.5. The van der Waals surface area contributed by atoms with Gasteiger partial charge in [0.2, 0.25) is 5.91 Å². The van der Waals surface area contributed by atoms with E-state index in [1.807, 2.05) is 0 Å². The molecular weight excluding hydrogens is 226 g/mol. The predicted octanol–water partition coefficient (Wildman–Crippen LogP) is 2.91. The van der Waals surface area contributed by atoms with Crippen molar-refractivity contribution in [3.8, 4) is 0 Å². The third kappa shape index (κ3) is 4.20. The van der Waals surface area contributed by atoms with Crippen molar-refractivity contribution in [2.75, 3.05) is 13.1 Å². The fourth-order valence-electron chi connectivity index (χ4n) is 1.32. The van der Waals surface area contributed by atoms with Gasteiger partial charge in [-0.1, -0.05) is 6.58 Å². The highest BCUT2D eigenvalue weighted by atomic mass is 19.4. The lowest BCUT2D eigenvalue weighted by Gasteiger charge is -2.26. The van der Waals surface area contributed by atoms with Crippen LogP contribution in [0.15, 0.2) is 12.4 Å². The molecule has 0 heterocycles. The zero-order valence-electron chi connectivity index (χ0n) is 9.27. The van der Waals surface area contributed by atoms with Gasteiger partial charge < -0.3 is 4.90 Å². The lowest BCUT2D eigenvalue weighted by Crippen LogP contribution is -2.42. The molecule has 16 heavy (non-hydrogen) atoms. The first-order valence-corrected chi connectivity index (χ1v) is 4.92. The normalized spacial score (nSPS) is 13.4. The van der Waals surface area contributed by atoms with Gasteiger partial charge in [0.05, 0.1) is 5.83 Å². The van der Waals surface area contributed by atoms with Crippen molar-refractivity contribution in [1.82, 2.24) is 4.90 Å². The predicted molar refractivity (Wildman–Crippen MR) is 52.3 cm³/mol. The molecule has 1 atom stereocenters. The SMILES string of the molecule is C=C(F)CC(C(=O)N(CC)CC)C(F)(F)F. The molecule has 0 rings (SSSR count). The number of rotatable bonds is 5. The lowest BCUT2D eigenvalue weighted by molar-refractivity contribution is -0.189. The minimum atomic E-state index is -4.74. The van der Waals surface area contributed by atoms with Crippen LogP contribution in [0.3, 0.4) is 0 Å². The standard InChI is InChI=1S/C10H15F4NO/c1-4-15(5-2)9(16)8(6-7(3)11)10(12,13)14/h8H,3-6H2,1-2H3. The van der Waals surface area contributed by atoms with Gasteiger partial charge in [-0.05, 0) is 13.8 Å². The van der Waals surface area contributed by atoms with Crippen molar-refractivity contribution >= 4 is 5.91 Å². The molecule has 0 aromatic rings. The van der Waals surface area contributed by atoms with Crippen LogP contribution in [0.25, 0.3) is 0 Å². The molecule has 94 valence electrons. The second kappa shape index (κ2) is 5.86. The molecule has 0 bridgehead atoms. The molecule has 0 aliphatic heterocycles. The first kappa shape index (κ1) is 14.9. The number of halogens is 4. The fourth-order valence-corrected chi connectivity index (χ4v) is 1.32. The van der Waals surface area contributed by atoms with Crippen LogP contribution in [-0.2, 0) is 4.79 Å². The zero-order chi connectivity index (χ0) is 12.9. The van der Waals surface area contributed by atoms with Gasteiger partial charge in [-0.2, -0.15) is 13.2 Å². The lowest BCUT2D eigenvalue weighted by atomic mass is 10.0. The first-order chi connectivity index (χ1) is 7.23. The molecule has 0 saturated carbocycles. The molecule has 0 aromatic carbocycles. The molecule has 1 unspecified atom stereocenters. The number of hydrogen-bond acceptors (Lipinski definition) is 1. The second-order valence-electron chi connectivity index (χ2n) is 3.33. The van der Waals surface area contributed by atoms with Gasteiger partial charge in [0.25, 0.3) is 0 Å². The molecule has 6 heteroatoms. The molecular formula is C10H15F4NO. The maximum absolute atomic E-state index is 12.5. The maximum Gasteiger partial charge on any atom is 0.400 e. The van der Waals surface area contributed by atoms with E-state index in [-0.39, 0.29) is 13.1 Å². The molecule has 0 spiro atoms. The average molecular weight is 241 g/mol. The summed E-state index contributed by atoms with van der Waals surface area (Å²) < 4.78 is 50.0. The van der Waals surface area contributed by atoms with Gasteiger partial charge in [0.1, 0.15) is 5.92 Å². The van der Waals surface area contributed by atoms with Crippen LogP contribution >= 0.6 is 0 Å². The van der Waals surface area contributed by atoms with E-state index in [1.165, 1.54) is 0 Å². The van der Waals surface area contributed by atoms with E-state index in [4.69, 9.17) is 0 Å². The van der Waals surface area contributed by atoms with Crippen molar-refractivity contribution in [2.24, 2.45) is 5.92 Å². The highest BCUT2D eigenvalue weighted by molar-refractivity contribution is 5.79. The molecule has 2 nitrogen and oxygen atoms in total. The number of carbonyl (C=O) groups excluding carboxylic acids is 1. The summed E-state index contributed by atoms with van der Waals surface area (Å²) in [6.07, 6.45) is -5.74. The minimum Gasteiger partial charge on any atom is -0.343 e. The van der Waals surface area contributed by atoms with Gasteiger partial charge in [0, 0.05) is 19.5 Å². The Morgan fingerprint density at radius 2 is 1.75 bits per heavy atom. The van der Waals surface area contributed by atoms with Gasteiger partial charge in [-0.25, -0.2) is 4.39 Å². The third-order valence-electron chi connectivity index (χ3n) is 2.19. The Morgan fingerprint density at radius 3 is 2.00 bits per heavy atom. The van der Waals surface area contributed by atoms with E-state index in [0.29, 0.717) is 0 Å². The van der Waals surface area contributed by atoms with Gasteiger partial charge in [-0.3, -0.25) is 4.79 Å². The molecule has 0 radical (unpaired) electrons. The van der Waals surface area contributed by atoms with E-state index in [2.05, 4.69) is 6.58 Å². The van der Waals surface area contributed by atoms with E-state index in [1.54, 1.807) is 13.8 Å². The second-order valence-corrected chi connectivity index (χ2v) is 3.33. The van der Waals surface area contributed by atoms with Crippen molar-refractivity contribution in [2.45, 2.75) is 26.4 Å². The van der Waals surface area contributed by atoms with Gasteiger partial charge in [-0.15, -0.1) is 0 Å². The molecule has 0 aliphatic rings. The molecule has 0 saturated heterocycles. The highest BCUT2D eigenvalue weighted by Gasteiger charge is 2.46. The van der Waals surface area contributed by atoms with Crippen LogP contribution in [-0.4, -0.2) is 30.1 Å². The van der Waals surface area contributed by atoms with Crippen molar-refractivity contribution in [3.05, 3.63) is 12.4 Å². The molecule has 1 amide bonds. The monoisotopic (exact) mass is 241 g/mol. The Labute approximate surface area is 91.9 Å². The number of carbonyl (C=O) groups is 1. The minimum absolute atomic E-state index is 0.167. The van der Waals surface area contributed by atoms with Crippen LogP contribution in [0.2, 0.25) is 0 Å². The Kier molecular flexibility index (Phi) is 5.47. The van der Waals surface area contributed by atoms with Crippen LogP contribution in [0.4, 0.5) is 17.6 Å². The summed E-state index contributed by atoms with van der Waals surface area (Å²) in [6, 6.07) is 0. The number of hydrogen-bond donors (Lipinski definition) is 0. The summed E-state index contributed by atoms with van der Waals surface area (Å²) in [5, 5.41) is 0. The first-order valence-electron chi connectivity index (χ1n) is 4.92. The summed E-state index contributed by atoms with van der Waals surface area (Å²) in [7, 11) is 0. The Bertz CT molecular complexity index is 258. The zero-order valence-corrected chi connectivity index (χ0v) is 9.27. The van der Waals surface area contributed by atoms with Crippen molar-refractivity contribution < 1.29 is 22.4 Å². The Hall–Kier alpha value is -1.07. The number of alkyl halides is 3. The molecule has 0 aliphatic carbocycles. The number of nitrogens with zero attached hydrogens (tertiary/aromatic N) is 1. The van der Waals surface area contributed by atoms with Gasteiger partial charge in [0.15, 0.2) is 0 Å². The molecule has 0 N–H and O–H groups in total. The van der Waals surface area contributed by atoms with E-state index < -0.39 is 30.2 Å². The van der Waals surface area contributed by atoms with E-state index >= 15 is 0 Å². The number of allylic oxidation sites excluding steroid dienone is 1. The van der Waals surface area contributed by atoms with E-state index in [9.17, 15) is 22.4 Å². The Morgan fingerprint density at radius 1 is 1.31 bits per heavy atom. The highest BCUT2D eigenvalue weighted by Crippen LogP contribution is 2.32. The third-order valence-corrected chi connectivity index (χ3v) is 2.19. The smallest absolute Gasteiger partial charge is 0.343 e. The topological polar surface area (TPSA) is 20.3 Å². The van der Waals surface area contributed by atoms with Crippen molar-refractivity contribution in [1.29, 1.82) is 0 Å². The summed E-state index contributed by atoms with van der Waals surface area (Å²) in [5.41, 5.74) is 0. The maximum atomic E-state index is 12.5. The largest absolute Gasteiger partial charge is 0.400 e. The van der Waals surface area contributed by atoms with E-state index in [0.717, 1.165) is 4.90 Å². The summed E-state index contributed by atoms with van der Waals surface area (Å²) >= 11 is 0. The molecule has 0 aromatic heterocycles.